The molecule has 0 fully saturated rings. The molecule has 124 valence electrons. The zero-order chi connectivity index (χ0) is 16.7. The first kappa shape index (κ1) is 18.5. The molecule has 3 atom stereocenters. The van der Waals surface area contributed by atoms with Crippen molar-refractivity contribution in [3.05, 3.63) is 35.9 Å². The van der Waals surface area contributed by atoms with Gasteiger partial charge in [-0.1, -0.05) is 58.0 Å². The number of hydrogen-bond acceptors (Lipinski definition) is 3. The van der Waals surface area contributed by atoms with Crippen molar-refractivity contribution in [2.75, 3.05) is 0 Å². The molecule has 0 heterocycles. The molecule has 0 bridgehead atoms. The molecule has 3 N–H and O–H groups in total. The molecule has 0 aliphatic rings. The summed E-state index contributed by atoms with van der Waals surface area (Å²) >= 11 is 0. The molecular formula is C18H29NO3. The standard InChI is InChI=1S/C18H29NO3/c1-12(2)10-17(22-18(19)21)16(20)11-15(13(3)4)14-8-6-5-7-9-14/h5-9,12-13,15-17,20H,10-11H2,1-4H3,(H2,19,21)/t15-,16-,17-/m0/s1. The fourth-order valence-electron chi connectivity index (χ4n) is 2.80. The first-order chi connectivity index (χ1) is 10.3. The Balaban J connectivity index is 2.83. The molecule has 1 rings (SSSR count). The summed E-state index contributed by atoms with van der Waals surface area (Å²) in [7, 11) is 0. The van der Waals surface area contributed by atoms with E-state index in [2.05, 4.69) is 26.0 Å². The Kier molecular flexibility index (Phi) is 7.39. The van der Waals surface area contributed by atoms with E-state index in [4.69, 9.17) is 10.5 Å². The lowest BCUT2D eigenvalue weighted by molar-refractivity contribution is -0.0130. The highest BCUT2D eigenvalue weighted by Gasteiger charge is 2.28. The molecule has 4 nitrogen and oxygen atoms in total. The predicted octanol–water partition coefficient (Wildman–Crippen LogP) is 3.69. The lowest BCUT2D eigenvalue weighted by Crippen LogP contribution is -2.36. The van der Waals surface area contributed by atoms with Crippen LogP contribution in [0.5, 0.6) is 0 Å². The second-order valence-corrected chi connectivity index (χ2v) is 6.67. The number of hydrogen-bond donors (Lipinski definition) is 2. The molecule has 0 saturated heterocycles. The number of amides is 1. The molecule has 22 heavy (non-hydrogen) atoms. The molecule has 0 aromatic heterocycles. The number of rotatable bonds is 8. The van der Waals surface area contributed by atoms with Crippen molar-refractivity contribution in [2.24, 2.45) is 17.6 Å². The van der Waals surface area contributed by atoms with E-state index in [0.717, 1.165) is 0 Å². The molecule has 0 saturated carbocycles. The Labute approximate surface area is 133 Å². The van der Waals surface area contributed by atoms with Crippen LogP contribution in [0.25, 0.3) is 0 Å². The number of aliphatic hydroxyl groups excluding tert-OH is 1. The Morgan fingerprint density at radius 2 is 1.73 bits per heavy atom. The van der Waals surface area contributed by atoms with Crippen LogP contribution >= 0.6 is 0 Å². The van der Waals surface area contributed by atoms with Gasteiger partial charge in [-0.15, -0.1) is 0 Å². The van der Waals surface area contributed by atoms with Crippen LogP contribution in [-0.2, 0) is 4.74 Å². The van der Waals surface area contributed by atoms with Gasteiger partial charge < -0.3 is 15.6 Å². The van der Waals surface area contributed by atoms with Crippen molar-refractivity contribution in [3.63, 3.8) is 0 Å². The van der Waals surface area contributed by atoms with Gasteiger partial charge in [-0.3, -0.25) is 0 Å². The van der Waals surface area contributed by atoms with Gasteiger partial charge in [-0.2, -0.15) is 0 Å². The summed E-state index contributed by atoms with van der Waals surface area (Å²) in [5.41, 5.74) is 6.33. The fraction of sp³-hybridized carbons (Fsp3) is 0.611. The number of carbonyl (C=O) groups is 1. The average molecular weight is 307 g/mol. The van der Waals surface area contributed by atoms with Gasteiger partial charge in [0.2, 0.25) is 0 Å². The van der Waals surface area contributed by atoms with E-state index in [0.29, 0.717) is 24.7 Å². The lowest BCUT2D eigenvalue weighted by Gasteiger charge is -2.29. The molecular weight excluding hydrogens is 278 g/mol. The van der Waals surface area contributed by atoms with Crippen molar-refractivity contribution < 1.29 is 14.6 Å². The molecule has 0 spiro atoms. The average Bonchev–Trinajstić information content (AvgIpc) is 2.43. The topological polar surface area (TPSA) is 72.5 Å². The summed E-state index contributed by atoms with van der Waals surface area (Å²) in [5, 5.41) is 10.6. The highest BCUT2D eigenvalue weighted by molar-refractivity contribution is 5.64. The van der Waals surface area contributed by atoms with Gasteiger partial charge in [0.1, 0.15) is 6.10 Å². The SMILES string of the molecule is CC(C)C[C@H](OC(N)=O)[C@@H](O)C[C@H](c1ccccc1)C(C)C. The molecule has 0 aliphatic heterocycles. The zero-order valence-corrected chi connectivity index (χ0v) is 14.0. The van der Waals surface area contributed by atoms with Crippen LogP contribution in [0.2, 0.25) is 0 Å². The van der Waals surface area contributed by atoms with Crippen molar-refractivity contribution >= 4 is 6.09 Å². The van der Waals surface area contributed by atoms with E-state index in [1.165, 1.54) is 5.56 Å². The van der Waals surface area contributed by atoms with Crippen molar-refractivity contribution in [2.45, 2.75) is 58.7 Å². The summed E-state index contributed by atoms with van der Waals surface area (Å²) in [6, 6.07) is 10.1. The van der Waals surface area contributed by atoms with Crippen LogP contribution in [0.1, 0.15) is 52.0 Å². The minimum atomic E-state index is -0.828. The third-order valence-electron chi connectivity index (χ3n) is 3.93. The van der Waals surface area contributed by atoms with E-state index in [1.54, 1.807) is 0 Å². The van der Waals surface area contributed by atoms with Crippen LogP contribution in [-0.4, -0.2) is 23.4 Å². The van der Waals surface area contributed by atoms with Crippen LogP contribution < -0.4 is 5.73 Å². The van der Waals surface area contributed by atoms with E-state index in [9.17, 15) is 9.90 Å². The molecule has 0 radical (unpaired) electrons. The van der Waals surface area contributed by atoms with Gasteiger partial charge >= 0.3 is 6.09 Å². The molecule has 1 aromatic carbocycles. The summed E-state index contributed by atoms with van der Waals surface area (Å²) in [5.74, 6) is 0.904. The van der Waals surface area contributed by atoms with Gasteiger partial charge in [-0.25, -0.2) is 4.79 Å². The van der Waals surface area contributed by atoms with Gasteiger partial charge in [0.25, 0.3) is 0 Å². The lowest BCUT2D eigenvalue weighted by atomic mass is 9.82. The molecule has 1 aromatic rings. The third-order valence-corrected chi connectivity index (χ3v) is 3.93. The monoisotopic (exact) mass is 307 g/mol. The van der Waals surface area contributed by atoms with Crippen LogP contribution in [0.3, 0.4) is 0 Å². The minimum absolute atomic E-state index is 0.210. The predicted molar refractivity (Wildman–Crippen MR) is 88.6 cm³/mol. The Hall–Kier alpha value is -1.55. The summed E-state index contributed by atoms with van der Waals surface area (Å²) in [4.78, 5) is 11.1. The van der Waals surface area contributed by atoms with E-state index < -0.39 is 18.3 Å². The highest BCUT2D eigenvalue weighted by atomic mass is 16.6. The number of aliphatic hydroxyl groups is 1. The van der Waals surface area contributed by atoms with Gasteiger partial charge in [-0.05, 0) is 36.2 Å². The number of carbonyl (C=O) groups excluding carboxylic acids is 1. The van der Waals surface area contributed by atoms with Crippen LogP contribution in [0, 0.1) is 11.8 Å². The summed E-state index contributed by atoms with van der Waals surface area (Å²) in [6.45, 7) is 8.33. The van der Waals surface area contributed by atoms with Gasteiger partial charge in [0.15, 0.2) is 0 Å². The highest BCUT2D eigenvalue weighted by Crippen LogP contribution is 2.31. The second-order valence-electron chi connectivity index (χ2n) is 6.67. The van der Waals surface area contributed by atoms with Crippen molar-refractivity contribution in [3.8, 4) is 0 Å². The normalized spacial score (nSPS) is 15.6. The Morgan fingerprint density at radius 1 is 1.14 bits per heavy atom. The first-order valence-corrected chi connectivity index (χ1v) is 8.00. The maximum absolute atomic E-state index is 11.1. The minimum Gasteiger partial charge on any atom is -0.444 e. The van der Waals surface area contributed by atoms with Crippen LogP contribution in [0.4, 0.5) is 4.79 Å². The Bertz CT molecular complexity index is 445. The quantitative estimate of drug-likeness (QED) is 0.769. The van der Waals surface area contributed by atoms with E-state index in [1.807, 2.05) is 32.0 Å². The largest absolute Gasteiger partial charge is 0.444 e. The van der Waals surface area contributed by atoms with Crippen molar-refractivity contribution in [1.82, 2.24) is 0 Å². The maximum atomic E-state index is 11.1. The fourth-order valence-corrected chi connectivity index (χ4v) is 2.80. The second kappa shape index (κ2) is 8.79. The summed E-state index contributed by atoms with van der Waals surface area (Å²) < 4.78 is 5.13. The summed E-state index contributed by atoms with van der Waals surface area (Å²) in [6.07, 6.45) is -0.953. The molecule has 1 amide bonds. The smallest absolute Gasteiger partial charge is 0.404 e. The van der Waals surface area contributed by atoms with E-state index >= 15 is 0 Å². The maximum Gasteiger partial charge on any atom is 0.404 e. The molecule has 0 unspecified atom stereocenters. The Morgan fingerprint density at radius 3 is 2.18 bits per heavy atom. The van der Waals surface area contributed by atoms with Crippen LogP contribution in [0.15, 0.2) is 30.3 Å². The first-order valence-electron chi connectivity index (χ1n) is 8.00. The zero-order valence-electron chi connectivity index (χ0n) is 14.0. The number of benzene rings is 1. The number of nitrogens with two attached hydrogens (primary N) is 1. The third kappa shape index (κ3) is 6.06. The van der Waals surface area contributed by atoms with E-state index in [-0.39, 0.29) is 5.92 Å². The van der Waals surface area contributed by atoms with Crippen molar-refractivity contribution in [1.29, 1.82) is 0 Å². The number of primary amides is 1. The number of ether oxygens (including phenoxy) is 1. The van der Waals surface area contributed by atoms with Gasteiger partial charge in [0.05, 0.1) is 6.10 Å². The molecule has 0 aliphatic carbocycles. The van der Waals surface area contributed by atoms with Gasteiger partial charge in [0, 0.05) is 0 Å². The molecule has 4 heteroatoms.